The number of halogens is 1. The van der Waals surface area contributed by atoms with Gasteiger partial charge in [-0.15, -0.1) is 12.4 Å². The Morgan fingerprint density at radius 3 is 2.95 bits per heavy atom. The van der Waals surface area contributed by atoms with Gasteiger partial charge in [0.1, 0.15) is 11.5 Å². The summed E-state index contributed by atoms with van der Waals surface area (Å²) in [7, 11) is 1.72. The lowest BCUT2D eigenvalue weighted by Crippen LogP contribution is -2.61. The minimum Gasteiger partial charge on any atom is -0.497 e. The van der Waals surface area contributed by atoms with Gasteiger partial charge in [-0.1, -0.05) is 13.0 Å². The number of ether oxygens (including phenoxy) is 1. The molecule has 2 fully saturated rings. The fraction of sp³-hybridized carbons (Fsp3) is 0.611. The molecule has 3 nitrogen and oxygen atoms in total. The van der Waals surface area contributed by atoms with Crippen molar-refractivity contribution in [3.8, 4) is 5.75 Å². The average molecular weight is 322 g/mol. The van der Waals surface area contributed by atoms with E-state index in [2.05, 4.69) is 30.4 Å². The molecule has 1 heterocycles. The number of carbonyl (C=O) groups is 1. The standard InChI is InChI=1S/C18H23NO2.ClH/c1-11-7-15-16-8-12-3-4-13(21-2)9-14(12)18(15,5-6-19-16)10-17(11)20;/h3-4,9,11,15-16,19H,5-8,10H2,1-2H3;1H/t11-,15-,16+,18+;/m0./s1. The van der Waals surface area contributed by atoms with E-state index < -0.39 is 0 Å². The lowest BCUT2D eigenvalue weighted by Gasteiger charge is -2.56. The Labute approximate surface area is 138 Å². The summed E-state index contributed by atoms with van der Waals surface area (Å²) in [6.45, 7) is 3.13. The molecule has 0 unspecified atom stereocenters. The van der Waals surface area contributed by atoms with E-state index in [0.717, 1.165) is 38.0 Å². The second kappa shape index (κ2) is 5.54. The third-order valence-corrected chi connectivity index (χ3v) is 6.11. The summed E-state index contributed by atoms with van der Waals surface area (Å²) >= 11 is 0. The molecule has 2 aliphatic carbocycles. The first-order valence-corrected chi connectivity index (χ1v) is 8.07. The Morgan fingerprint density at radius 1 is 1.36 bits per heavy atom. The first-order chi connectivity index (χ1) is 10.1. The molecule has 4 heteroatoms. The van der Waals surface area contributed by atoms with Crippen LogP contribution in [0.5, 0.6) is 5.75 Å². The van der Waals surface area contributed by atoms with Crippen LogP contribution in [0.2, 0.25) is 0 Å². The Balaban J connectivity index is 0.00000144. The van der Waals surface area contributed by atoms with E-state index in [1.54, 1.807) is 7.11 Å². The maximum Gasteiger partial charge on any atom is 0.136 e. The summed E-state index contributed by atoms with van der Waals surface area (Å²) in [6, 6.07) is 7.00. The first kappa shape index (κ1) is 15.8. The van der Waals surface area contributed by atoms with Crippen LogP contribution in [-0.4, -0.2) is 25.5 Å². The van der Waals surface area contributed by atoms with E-state index in [1.165, 1.54) is 11.1 Å². The summed E-state index contributed by atoms with van der Waals surface area (Å²) in [5.74, 6) is 2.18. The van der Waals surface area contributed by atoms with Gasteiger partial charge in [0.25, 0.3) is 0 Å². The summed E-state index contributed by atoms with van der Waals surface area (Å²) in [6.07, 6.45) is 3.92. The van der Waals surface area contributed by atoms with Crippen LogP contribution in [0.4, 0.5) is 0 Å². The van der Waals surface area contributed by atoms with Gasteiger partial charge in [-0.05, 0) is 55.0 Å². The van der Waals surface area contributed by atoms with Gasteiger partial charge >= 0.3 is 0 Å². The number of hydrogen-bond acceptors (Lipinski definition) is 3. The lowest BCUT2D eigenvalue weighted by atomic mass is 9.51. The molecule has 2 bridgehead atoms. The molecule has 0 radical (unpaired) electrons. The van der Waals surface area contributed by atoms with Crippen molar-refractivity contribution in [2.45, 2.75) is 44.1 Å². The zero-order valence-corrected chi connectivity index (χ0v) is 14.0. The molecule has 1 aromatic rings. The second-order valence-electron chi connectivity index (χ2n) is 7.08. The minimum absolute atomic E-state index is 0. The van der Waals surface area contributed by atoms with Gasteiger partial charge < -0.3 is 10.1 Å². The molecule has 1 aromatic carbocycles. The number of fused-ring (bicyclic) bond motifs is 1. The van der Waals surface area contributed by atoms with Gasteiger partial charge in [0.05, 0.1) is 7.11 Å². The second-order valence-corrected chi connectivity index (χ2v) is 7.08. The molecule has 1 saturated heterocycles. The van der Waals surface area contributed by atoms with Crippen molar-refractivity contribution in [2.24, 2.45) is 11.8 Å². The number of ketones is 1. The molecule has 3 aliphatic rings. The van der Waals surface area contributed by atoms with Crippen LogP contribution >= 0.6 is 12.4 Å². The predicted molar refractivity (Wildman–Crippen MR) is 88.9 cm³/mol. The number of Topliss-reactive ketones (excluding diaryl/α,β-unsaturated/α-hetero) is 1. The van der Waals surface area contributed by atoms with Crippen LogP contribution in [0.3, 0.4) is 0 Å². The van der Waals surface area contributed by atoms with Gasteiger partial charge in [-0.2, -0.15) is 0 Å². The largest absolute Gasteiger partial charge is 0.497 e. The highest BCUT2D eigenvalue weighted by Gasteiger charge is 2.54. The van der Waals surface area contributed by atoms with Crippen molar-refractivity contribution >= 4 is 18.2 Å². The zero-order valence-electron chi connectivity index (χ0n) is 13.2. The molecule has 1 N–H and O–H groups in total. The highest BCUT2D eigenvalue weighted by molar-refractivity contribution is 5.85. The van der Waals surface area contributed by atoms with Crippen LogP contribution < -0.4 is 10.1 Å². The smallest absolute Gasteiger partial charge is 0.136 e. The van der Waals surface area contributed by atoms with Gasteiger partial charge in [-0.3, -0.25) is 4.79 Å². The van der Waals surface area contributed by atoms with Crippen LogP contribution in [0.25, 0.3) is 0 Å². The van der Waals surface area contributed by atoms with Gasteiger partial charge in [0.15, 0.2) is 0 Å². The Morgan fingerprint density at radius 2 is 2.18 bits per heavy atom. The molecule has 0 amide bonds. The molecule has 4 atom stereocenters. The van der Waals surface area contributed by atoms with Gasteiger partial charge in [-0.25, -0.2) is 0 Å². The Kier molecular flexibility index (Phi) is 3.98. The van der Waals surface area contributed by atoms with E-state index in [9.17, 15) is 4.79 Å². The fourth-order valence-corrected chi connectivity index (χ4v) is 5.01. The number of carbonyl (C=O) groups excluding carboxylic acids is 1. The number of hydrogen-bond donors (Lipinski definition) is 1. The summed E-state index contributed by atoms with van der Waals surface area (Å²) < 4.78 is 5.44. The fourth-order valence-electron chi connectivity index (χ4n) is 5.01. The van der Waals surface area contributed by atoms with E-state index >= 15 is 0 Å². The Bertz CT molecular complexity index is 603. The third kappa shape index (κ3) is 2.10. The summed E-state index contributed by atoms with van der Waals surface area (Å²) in [4.78, 5) is 12.5. The molecule has 0 aromatic heterocycles. The SMILES string of the molecule is COc1ccc2c(c1)[C@]13CCN[C@H](C2)[C@@H]1C[C@H](C)C(=O)C3.Cl. The average Bonchev–Trinajstić information content (AvgIpc) is 2.48. The van der Waals surface area contributed by atoms with Crippen molar-refractivity contribution < 1.29 is 9.53 Å². The number of piperidine rings is 1. The van der Waals surface area contributed by atoms with Crippen molar-refractivity contribution in [3.63, 3.8) is 0 Å². The third-order valence-electron chi connectivity index (χ3n) is 6.11. The summed E-state index contributed by atoms with van der Waals surface area (Å²) in [5, 5.41) is 3.71. The molecule has 120 valence electrons. The first-order valence-electron chi connectivity index (χ1n) is 8.07. The molecule has 22 heavy (non-hydrogen) atoms. The summed E-state index contributed by atoms with van der Waals surface area (Å²) in [5.41, 5.74) is 2.86. The van der Waals surface area contributed by atoms with E-state index in [4.69, 9.17) is 4.74 Å². The van der Waals surface area contributed by atoms with E-state index in [1.807, 2.05) is 0 Å². The van der Waals surface area contributed by atoms with Crippen LogP contribution in [0.15, 0.2) is 18.2 Å². The molecule has 4 rings (SSSR count). The highest BCUT2D eigenvalue weighted by atomic mass is 35.5. The Hall–Kier alpha value is -1.06. The van der Waals surface area contributed by atoms with Crippen molar-refractivity contribution in [3.05, 3.63) is 29.3 Å². The van der Waals surface area contributed by atoms with E-state index in [-0.39, 0.29) is 23.7 Å². The topological polar surface area (TPSA) is 38.3 Å². The van der Waals surface area contributed by atoms with Gasteiger partial charge in [0.2, 0.25) is 0 Å². The number of methoxy groups -OCH3 is 1. The van der Waals surface area contributed by atoms with Crippen molar-refractivity contribution in [2.75, 3.05) is 13.7 Å². The quantitative estimate of drug-likeness (QED) is 0.864. The van der Waals surface area contributed by atoms with Crippen LogP contribution in [-0.2, 0) is 16.6 Å². The minimum atomic E-state index is 0. The monoisotopic (exact) mass is 321 g/mol. The molecule has 1 saturated carbocycles. The van der Waals surface area contributed by atoms with Crippen molar-refractivity contribution in [1.29, 1.82) is 0 Å². The predicted octanol–water partition coefficient (Wildman–Crippen LogP) is 2.89. The van der Waals surface area contributed by atoms with Crippen molar-refractivity contribution in [1.82, 2.24) is 5.32 Å². The molecular formula is C18H24ClNO2. The maximum absolute atomic E-state index is 12.5. The number of benzene rings is 1. The molecule has 1 aliphatic heterocycles. The van der Waals surface area contributed by atoms with Gasteiger partial charge in [0, 0.05) is 23.8 Å². The maximum atomic E-state index is 12.5. The molecule has 0 spiro atoms. The number of nitrogens with one attached hydrogen (secondary N) is 1. The normalized spacial score (nSPS) is 35.9. The zero-order chi connectivity index (χ0) is 14.6. The highest BCUT2D eigenvalue weighted by Crippen LogP contribution is 2.54. The van der Waals surface area contributed by atoms with Crippen LogP contribution in [0.1, 0.15) is 37.3 Å². The molecular weight excluding hydrogens is 298 g/mol. The lowest BCUT2D eigenvalue weighted by molar-refractivity contribution is -0.129. The van der Waals surface area contributed by atoms with Crippen LogP contribution in [0, 0.1) is 11.8 Å². The number of rotatable bonds is 1. The van der Waals surface area contributed by atoms with E-state index in [0.29, 0.717) is 17.7 Å².